The van der Waals surface area contributed by atoms with Crippen LogP contribution in [0.5, 0.6) is 0 Å². The minimum absolute atomic E-state index is 0.00535. The number of hydrogen-bond donors (Lipinski definition) is 3. The fourth-order valence-electron chi connectivity index (χ4n) is 5.63. The number of nitrogens with one attached hydrogen (secondary N) is 1. The number of carbonyl (C=O) groups is 1. The van der Waals surface area contributed by atoms with Crippen LogP contribution in [0.4, 0.5) is 13.2 Å². The highest BCUT2D eigenvalue weighted by Gasteiger charge is 2.51. The summed E-state index contributed by atoms with van der Waals surface area (Å²) in [6, 6.07) is 3.67. The molecule has 2 aliphatic heterocycles. The average molecular weight is 471 g/mol. The van der Waals surface area contributed by atoms with Crippen molar-refractivity contribution in [2.24, 2.45) is 11.3 Å². The van der Waals surface area contributed by atoms with Crippen LogP contribution in [0.3, 0.4) is 0 Å². The minimum atomic E-state index is -4.50. The Balaban J connectivity index is 1.47. The van der Waals surface area contributed by atoms with Crippen molar-refractivity contribution < 1.29 is 32.9 Å². The first kappa shape index (κ1) is 24.4. The van der Waals surface area contributed by atoms with Crippen molar-refractivity contribution in [3.63, 3.8) is 0 Å². The largest absolute Gasteiger partial charge is 0.416 e. The van der Waals surface area contributed by atoms with E-state index >= 15 is 0 Å². The van der Waals surface area contributed by atoms with Gasteiger partial charge in [-0.3, -0.25) is 4.79 Å². The Bertz CT molecular complexity index is 857. The lowest BCUT2D eigenvalue weighted by Crippen LogP contribution is -2.50. The number of carbonyl (C=O) groups excluding carboxylic acids is 1. The summed E-state index contributed by atoms with van der Waals surface area (Å²) in [5, 5.41) is 24.8. The Labute approximate surface area is 192 Å². The topological polar surface area (TPSA) is 82.0 Å². The van der Waals surface area contributed by atoms with Crippen molar-refractivity contribution in [1.82, 2.24) is 10.2 Å². The van der Waals surface area contributed by atoms with Gasteiger partial charge in [0.2, 0.25) is 5.91 Å². The van der Waals surface area contributed by atoms with Crippen molar-refractivity contribution >= 4 is 5.91 Å². The summed E-state index contributed by atoms with van der Waals surface area (Å²) in [4.78, 5) is 15.1. The Morgan fingerprint density at radius 3 is 2.70 bits per heavy atom. The van der Waals surface area contributed by atoms with Gasteiger partial charge in [0.15, 0.2) is 0 Å². The van der Waals surface area contributed by atoms with E-state index < -0.39 is 29.4 Å². The summed E-state index contributed by atoms with van der Waals surface area (Å²) < 4.78 is 44.9. The first-order chi connectivity index (χ1) is 15.6. The molecule has 0 radical (unpaired) electrons. The summed E-state index contributed by atoms with van der Waals surface area (Å²) in [6.07, 6.45) is -2.71. The van der Waals surface area contributed by atoms with Crippen LogP contribution in [0, 0.1) is 11.3 Å². The Morgan fingerprint density at radius 1 is 1.30 bits per heavy atom. The fourth-order valence-corrected chi connectivity index (χ4v) is 5.63. The van der Waals surface area contributed by atoms with Crippen LogP contribution in [0.2, 0.25) is 0 Å². The maximum Gasteiger partial charge on any atom is 0.416 e. The highest BCUT2D eigenvalue weighted by Crippen LogP contribution is 2.47. The van der Waals surface area contributed by atoms with E-state index in [1.807, 2.05) is 0 Å². The Morgan fingerprint density at radius 2 is 2.03 bits per heavy atom. The van der Waals surface area contributed by atoms with Gasteiger partial charge in [0, 0.05) is 25.8 Å². The zero-order valence-electron chi connectivity index (χ0n) is 18.9. The van der Waals surface area contributed by atoms with Gasteiger partial charge in [-0.05, 0) is 74.8 Å². The summed E-state index contributed by atoms with van der Waals surface area (Å²) in [7, 11) is 0. The van der Waals surface area contributed by atoms with Gasteiger partial charge in [0.05, 0.1) is 29.7 Å². The number of ether oxygens (including phenoxy) is 1. The molecule has 6 nitrogen and oxygen atoms in total. The van der Waals surface area contributed by atoms with E-state index in [0.29, 0.717) is 30.0 Å². The van der Waals surface area contributed by atoms with Gasteiger partial charge < -0.3 is 25.2 Å². The number of hydrogen-bond acceptors (Lipinski definition) is 5. The average Bonchev–Trinajstić information content (AvgIpc) is 3.22. The quantitative estimate of drug-likeness (QED) is 0.617. The number of halogens is 3. The standard InChI is InChI=1S/C24H33F3N2O4/c1-15(30)23(7-4-16(11-23)12-28-19-5-8-33-9-6-19)22(32)29-13-17-10-18(24(25,26)27)2-3-20(17)21(31)14-29/h2-3,10,15-16,19,21,28,30-31H,4-9,11-14H2,1H3/t15-,16+,21?,23-/m0/s1. The molecule has 1 saturated heterocycles. The third kappa shape index (κ3) is 5.06. The van der Waals surface area contributed by atoms with Crippen LogP contribution in [0.25, 0.3) is 0 Å². The predicted octanol–water partition coefficient (Wildman–Crippen LogP) is 3.02. The predicted molar refractivity (Wildman–Crippen MR) is 115 cm³/mol. The Kier molecular flexibility index (Phi) is 7.05. The molecule has 3 N–H and O–H groups in total. The summed E-state index contributed by atoms with van der Waals surface area (Å²) >= 11 is 0. The smallest absolute Gasteiger partial charge is 0.392 e. The number of rotatable bonds is 5. The summed E-state index contributed by atoms with van der Waals surface area (Å²) in [5.74, 6) is -0.0570. The second kappa shape index (κ2) is 9.52. The third-order valence-corrected chi connectivity index (χ3v) is 7.66. The molecule has 4 rings (SSSR count). The lowest BCUT2D eigenvalue weighted by Gasteiger charge is -2.40. The molecule has 1 saturated carbocycles. The van der Waals surface area contributed by atoms with E-state index in [4.69, 9.17) is 4.74 Å². The lowest BCUT2D eigenvalue weighted by molar-refractivity contribution is -0.151. The van der Waals surface area contributed by atoms with E-state index in [-0.39, 0.29) is 24.9 Å². The highest BCUT2D eigenvalue weighted by molar-refractivity contribution is 5.84. The molecule has 1 amide bonds. The van der Waals surface area contributed by atoms with Gasteiger partial charge in [0.25, 0.3) is 0 Å². The molecule has 0 aromatic heterocycles. The molecule has 1 aromatic carbocycles. The number of alkyl halides is 3. The first-order valence-corrected chi connectivity index (χ1v) is 11.8. The Hall–Kier alpha value is -1.68. The molecular weight excluding hydrogens is 437 g/mol. The summed E-state index contributed by atoms with van der Waals surface area (Å²) in [6.45, 7) is 3.86. The summed E-state index contributed by atoms with van der Waals surface area (Å²) in [5.41, 5.74) is -1.06. The van der Waals surface area contributed by atoms with Crippen molar-refractivity contribution in [1.29, 1.82) is 0 Å². The number of aliphatic hydroxyl groups is 2. The third-order valence-electron chi connectivity index (χ3n) is 7.66. The molecular formula is C24H33F3N2O4. The van der Waals surface area contributed by atoms with Crippen LogP contribution >= 0.6 is 0 Å². The number of fused-ring (bicyclic) bond motifs is 1. The van der Waals surface area contributed by atoms with Crippen LogP contribution in [-0.2, 0) is 22.3 Å². The van der Waals surface area contributed by atoms with E-state index in [1.165, 1.54) is 11.0 Å². The SMILES string of the molecule is C[C@H](O)[C@]1(C(=O)N2Cc3cc(C(F)(F)F)ccc3C(O)C2)CC[C@@H](CNC2CCOCC2)C1. The van der Waals surface area contributed by atoms with Gasteiger partial charge in [-0.1, -0.05) is 6.07 Å². The molecule has 2 fully saturated rings. The van der Waals surface area contributed by atoms with Crippen molar-refractivity contribution in [2.75, 3.05) is 26.3 Å². The molecule has 2 heterocycles. The van der Waals surface area contributed by atoms with Gasteiger partial charge in [0.1, 0.15) is 0 Å². The minimum Gasteiger partial charge on any atom is -0.392 e. The molecule has 1 aromatic rings. The van der Waals surface area contributed by atoms with Crippen molar-refractivity contribution in [3.8, 4) is 0 Å². The monoisotopic (exact) mass is 470 g/mol. The number of benzene rings is 1. The lowest BCUT2D eigenvalue weighted by atomic mass is 9.78. The molecule has 1 aliphatic carbocycles. The first-order valence-electron chi connectivity index (χ1n) is 11.8. The molecule has 1 unspecified atom stereocenters. The van der Waals surface area contributed by atoms with Crippen LogP contribution in [0.15, 0.2) is 18.2 Å². The molecule has 33 heavy (non-hydrogen) atoms. The van der Waals surface area contributed by atoms with Crippen LogP contribution in [-0.4, -0.2) is 59.5 Å². The fraction of sp³-hybridized carbons (Fsp3) is 0.708. The molecule has 3 aliphatic rings. The maximum atomic E-state index is 13.6. The zero-order chi connectivity index (χ0) is 23.8. The van der Waals surface area contributed by atoms with Crippen LogP contribution in [0.1, 0.15) is 61.8 Å². The van der Waals surface area contributed by atoms with Gasteiger partial charge in [-0.15, -0.1) is 0 Å². The molecule has 9 heteroatoms. The number of β-amino-alcohol motifs (C(OH)–C–C–N with tert-alkyl or cyclic N) is 1. The van der Waals surface area contributed by atoms with Gasteiger partial charge in [-0.25, -0.2) is 0 Å². The number of aliphatic hydroxyl groups excluding tert-OH is 2. The van der Waals surface area contributed by atoms with Gasteiger partial charge >= 0.3 is 6.18 Å². The van der Waals surface area contributed by atoms with Crippen molar-refractivity contribution in [2.45, 2.75) is 70.0 Å². The second-order valence-corrected chi connectivity index (χ2v) is 9.85. The second-order valence-electron chi connectivity index (χ2n) is 9.85. The van der Waals surface area contributed by atoms with Crippen LogP contribution < -0.4 is 5.32 Å². The normalized spacial score (nSPS) is 29.7. The molecule has 0 bridgehead atoms. The molecule has 4 atom stereocenters. The van der Waals surface area contributed by atoms with E-state index in [2.05, 4.69) is 5.32 Å². The van der Waals surface area contributed by atoms with Crippen molar-refractivity contribution in [3.05, 3.63) is 34.9 Å². The van der Waals surface area contributed by atoms with E-state index in [1.54, 1.807) is 6.92 Å². The zero-order valence-corrected chi connectivity index (χ0v) is 18.9. The number of amides is 1. The molecule has 0 spiro atoms. The van der Waals surface area contributed by atoms with E-state index in [9.17, 15) is 28.2 Å². The highest BCUT2D eigenvalue weighted by atomic mass is 19.4. The van der Waals surface area contributed by atoms with E-state index in [0.717, 1.165) is 51.2 Å². The molecule has 184 valence electrons. The maximum absolute atomic E-state index is 13.6. The van der Waals surface area contributed by atoms with Gasteiger partial charge in [-0.2, -0.15) is 13.2 Å². The number of nitrogens with zero attached hydrogens (tertiary/aromatic N) is 1.